The minimum atomic E-state index is -4.52. The quantitative estimate of drug-likeness (QED) is 0.141. The number of nitro groups is 1. The number of halogens is 4. The van der Waals surface area contributed by atoms with E-state index in [1.54, 1.807) is 31.2 Å². The maximum atomic E-state index is 12.6. The number of alkyl halides is 3. The van der Waals surface area contributed by atoms with E-state index in [0.717, 1.165) is 23.8 Å². The van der Waals surface area contributed by atoms with Gasteiger partial charge in [0.25, 0.3) is 0 Å². The zero-order chi connectivity index (χ0) is 33.9. The van der Waals surface area contributed by atoms with Crippen molar-refractivity contribution < 1.29 is 46.6 Å². The fourth-order valence-corrected chi connectivity index (χ4v) is 3.87. The molecule has 11 nitrogen and oxygen atoms in total. The molecule has 0 saturated carbocycles. The first-order valence-corrected chi connectivity index (χ1v) is 13.6. The first-order valence-electron chi connectivity index (χ1n) is 13.3. The van der Waals surface area contributed by atoms with Crippen LogP contribution in [0.4, 0.5) is 39.8 Å². The highest BCUT2D eigenvalue weighted by Crippen LogP contribution is 2.38. The van der Waals surface area contributed by atoms with Gasteiger partial charge < -0.3 is 18.9 Å². The van der Waals surface area contributed by atoms with Crippen LogP contribution in [0.5, 0.6) is 23.0 Å². The topological polar surface area (TPSA) is 138 Å². The largest absolute Gasteiger partial charge is 0.487 e. The van der Waals surface area contributed by atoms with Crippen LogP contribution < -0.4 is 24.8 Å². The van der Waals surface area contributed by atoms with Gasteiger partial charge in [0.1, 0.15) is 17.2 Å². The van der Waals surface area contributed by atoms with Gasteiger partial charge in [-0.1, -0.05) is 29.8 Å². The molecule has 0 radical (unpaired) electrons. The third kappa shape index (κ3) is 10.6. The van der Waals surface area contributed by atoms with Crippen LogP contribution >= 0.6 is 11.6 Å². The average molecular weight is 662 g/mol. The fraction of sp³-hybridized carbons (Fsp3) is 0.161. The summed E-state index contributed by atoms with van der Waals surface area (Å²) in [5.41, 5.74) is 0.991. The van der Waals surface area contributed by atoms with Crippen molar-refractivity contribution in [2.75, 3.05) is 24.4 Å². The highest BCUT2D eigenvalue weighted by Gasteiger charge is 2.31. The summed E-state index contributed by atoms with van der Waals surface area (Å²) < 4.78 is 58.0. The Hall–Kier alpha value is -5.50. The lowest BCUT2D eigenvalue weighted by Gasteiger charge is -2.12. The van der Waals surface area contributed by atoms with E-state index in [9.17, 15) is 32.9 Å². The molecular weight excluding hydrogens is 635 g/mol. The average Bonchev–Trinajstić information content (AvgIpc) is 2.98. The molecule has 2 amide bonds. The first-order chi connectivity index (χ1) is 21.8. The molecule has 15 heteroatoms. The highest BCUT2D eigenvalue weighted by molar-refractivity contribution is 6.32. The van der Waals surface area contributed by atoms with Crippen LogP contribution in [-0.4, -0.2) is 30.8 Å². The minimum absolute atomic E-state index is 0.0111. The Balaban J connectivity index is 0.000000251. The second-order valence-electron chi connectivity index (χ2n) is 9.09. The van der Waals surface area contributed by atoms with E-state index in [0.29, 0.717) is 17.1 Å². The van der Waals surface area contributed by atoms with E-state index >= 15 is 0 Å². The van der Waals surface area contributed by atoms with Gasteiger partial charge in [-0.2, -0.15) is 13.2 Å². The van der Waals surface area contributed by atoms with Crippen molar-refractivity contribution in [1.82, 2.24) is 0 Å². The normalized spacial score (nSPS) is 10.5. The summed E-state index contributed by atoms with van der Waals surface area (Å²) in [5.74, 6) is 0.425. The van der Waals surface area contributed by atoms with E-state index in [1.807, 2.05) is 25.1 Å². The molecule has 0 bridgehead atoms. The standard InChI is InChI=1S/C16H16N2O4.C15H11ClF3NO4/c1-11-5-3-6-12(9-11)18-16(20)22-14-8-4-7-13(10-14)17-15(19)21-2;1-2-23-14-8-10(4-5-12(14)20(21)22)24-13-6-3-9(7-11(13)16)15(17,18)19/h3-10H,1-2H3,(H,17,19)(H,18,20);3-8H,2H2,1H3. The van der Waals surface area contributed by atoms with Crippen LogP contribution in [0.2, 0.25) is 5.02 Å². The molecule has 0 spiro atoms. The predicted octanol–water partition coefficient (Wildman–Crippen LogP) is 9.24. The Morgan fingerprint density at radius 1 is 0.870 bits per heavy atom. The SMILES string of the molecule is CCOc1cc(Oc2ccc(C(F)(F)F)cc2Cl)ccc1[N+](=O)[O-].COC(=O)Nc1cccc(OC(=O)Nc2cccc(C)c2)c1. The smallest absolute Gasteiger partial charge is 0.417 e. The van der Waals surface area contributed by atoms with Crippen LogP contribution in [0.1, 0.15) is 18.1 Å². The van der Waals surface area contributed by atoms with Crippen LogP contribution in [-0.2, 0) is 10.9 Å². The summed E-state index contributed by atoms with van der Waals surface area (Å²) in [4.78, 5) is 33.3. The van der Waals surface area contributed by atoms with E-state index < -0.39 is 28.8 Å². The number of ether oxygens (including phenoxy) is 4. The maximum Gasteiger partial charge on any atom is 0.417 e. The maximum absolute atomic E-state index is 12.6. The van der Waals surface area contributed by atoms with E-state index in [4.69, 9.17) is 25.8 Å². The van der Waals surface area contributed by atoms with Crippen LogP contribution in [0.3, 0.4) is 0 Å². The molecule has 4 aromatic carbocycles. The Kier molecular flexibility index (Phi) is 12.2. The molecule has 0 fully saturated rings. The lowest BCUT2D eigenvalue weighted by atomic mass is 10.2. The van der Waals surface area contributed by atoms with Crippen molar-refractivity contribution in [3.63, 3.8) is 0 Å². The summed E-state index contributed by atoms with van der Waals surface area (Å²) in [7, 11) is 1.27. The minimum Gasteiger partial charge on any atom is -0.487 e. The number of aryl methyl sites for hydroxylation is 1. The van der Waals surface area contributed by atoms with Crippen LogP contribution in [0, 0.1) is 17.0 Å². The summed E-state index contributed by atoms with van der Waals surface area (Å²) >= 11 is 5.80. The molecule has 0 atom stereocenters. The van der Waals surface area contributed by atoms with Gasteiger partial charge >= 0.3 is 24.1 Å². The van der Waals surface area contributed by atoms with Crippen molar-refractivity contribution in [1.29, 1.82) is 0 Å². The number of rotatable bonds is 8. The lowest BCUT2D eigenvalue weighted by Crippen LogP contribution is -2.17. The first kappa shape index (κ1) is 35.0. The summed E-state index contributed by atoms with van der Waals surface area (Å²) in [6, 6.07) is 20.2. The summed E-state index contributed by atoms with van der Waals surface area (Å²) in [5, 5.41) is 15.8. The number of carbonyl (C=O) groups is 2. The van der Waals surface area contributed by atoms with Crippen molar-refractivity contribution in [2.45, 2.75) is 20.0 Å². The number of nitrogens with zero attached hydrogens (tertiary/aromatic N) is 1. The van der Waals surface area contributed by atoms with E-state index in [-0.39, 0.29) is 34.6 Å². The Labute approximate surface area is 265 Å². The van der Waals surface area contributed by atoms with Gasteiger partial charge in [-0.15, -0.1) is 0 Å². The molecule has 0 saturated heterocycles. The molecule has 0 heterocycles. The van der Waals surface area contributed by atoms with Gasteiger partial charge in [0.2, 0.25) is 5.75 Å². The number of anilines is 2. The summed E-state index contributed by atoms with van der Waals surface area (Å²) in [6.07, 6.45) is -5.72. The molecule has 0 aliphatic rings. The number of nitrogens with one attached hydrogen (secondary N) is 2. The van der Waals surface area contributed by atoms with Gasteiger partial charge in [-0.25, -0.2) is 9.59 Å². The number of hydrogen-bond donors (Lipinski definition) is 2. The van der Waals surface area contributed by atoms with E-state index in [2.05, 4.69) is 15.4 Å². The van der Waals surface area contributed by atoms with Crippen LogP contribution in [0.15, 0.2) is 84.9 Å². The third-order valence-electron chi connectivity index (χ3n) is 5.66. The van der Waals surface area contributed by atoms with Crippen molar-refractivity contribution in [3.8, 4) is 23.0 Å². The molecule has 46 heavy (non-hydrogen) atoms. The zero-order valence-electron chi connectivity index (χ0n) is 24.5. The van der Waals surface area contributed by atoms with Gasteiger partial charge in [-0.3, -0.25) is 20.7 Å². The predicted molar refractivity (Wildman–Crippen MR) is 164 cm³/mol. The second-order valence-corrected chi connectivity index (χ2v) is 9.50. The molecule has 4 aromatic rings. The molecule has 0 unspecified atom stereocenters. The molecule has 242 valence electrons. The second kappa shape index (κ2) is 16.0. The van der Waals surface area contributed by atoms with Gasteiger partial charge in [0.15, 0.2) is 0 Å². The fourth-order valence-electron chi connectivity index (χ4n) is 3.65. The van der Waals surface area contributed by atoms with Crippen LogP contribution in [0.25, 0.3) is 0 Å². The monoisotopic (exact) mass is 661 g/mol. The Morgan fingerprint density at radius 2 is 1.54 bits per heavy atom. The summed E-state index contributed by atoms with van der Waals surface area (Å²) in [6.45, 7) is 3.79. The number of benzene rings is 4. The third-order valence-corrected chi connectivity index (χ3v) is 5.95. The van der Waals surface area contributed by atoms with E-state index in [1.165, 1.54) is 31.4 Å². The van der Waals surface area contributed by atoms with Crippen molar-refractivity contribution >= 4 is 40.8 Å². The highest BCUT2D eigenvalue weighted by atomic mass is 35.5. The van der Waals surface area contributed by atoms with Gasteiger partial charge in [0.05, 0.1) is 29.2 Å². The van der Waals surface area contributed by atoms with Crippen molar-refractivity contribution in [2.24, 2.45) is 0 Å². The molecular formula is C31H27ClF3N3O8. The molecule has 2 N–H and O–H groups in total. The number of nitro benzene ring substituents is 1. The van der Waals surface area contributed by atoms with Crippen molar-refractivity contribution in [3.05, 3.63) is 111 Å². The number of amides is 2. The molecule has 0 aliphatic heterocycles. The Morgan fingerprint density at radius 3 is 2.15 bits per heavy atom. The number of hydrogen-bond acceptors (Lipinski definition) is 8. The zero-order valence-corrected chi connectivity index (χ0v) is 25.3. The Bertz CT molecular complexity index is 1700. The number of carbonyl (C=O) groups excluding carboxylic acids is 2. The van der Waals surface area contributed by atoms with Gasteiger partial charge in [-0.05, 0) is 67.9 Å². The lowest BCUT2D eigenvalue weighted by molar-refractivity contribution is -0.385. The molecule has 4 rings (SSSR count). The van der Waals surface area contributed by atoms with Gasteiger partial charge in [0, 0.05) is 29.6 Å². The molecule has 0 aromatic heterocycles. The molecule has 0 aliphatic carbocycles. The number of methoxy groups -OCH3 is 1.